The molecule has 4 rings (SSSR count). The molecule has 0 saturated heterocycles. The van der Waals surface area contributed by atoms with Crippen molar-refractivity contribution in [1.29, 1.82) is 5.26 Å². The number of anilines is 1. The number of halogens is 1. The molecule has 0 aliphatic rings. The van der Waals surface area contributed by atoms with E-state index in [4.69, 9.17) is 11.0 Å². The van der Waals surface area contributed by atoms with Crippen LogP contribution in [0.1, 0.15) is 5.56 Å². The molecule has 2 heterocycles. The molecule has 2 N–H and O–H groups in total. The summed E-state index contributed by atoms with van der Waals surface area (Å²) in [6.07, 6.45) is 1.90. The number of hydrogen-bond donors (Lipinski definition) is 1. The molecule has 0 unspecified atom stereocenters. The number of nitrogen functional groups attached to an aromatic ring is 1. The molecular weight excluding hydrogens is 323 g/mol. The first-order valence-electron chi connectivity index (χ1n) is 7.19. The zero-order valence-electron chi connectivity index (χ0n) is 12.4. The van der Waals surface area contributed by atoms with Gasteiger partial charge >= 0.3 is 0 Å². The van der Waals surface area contributed by atoms with Gasteiger partial charge in [0.25, 0.3) is 0 Å². The number of nitrogens with zero attached hydrogens (tertiary/aromatic N) is 3. The number of fused-ring (bicyclic) bond motifs is 1. The Morgan fingerprint density at radius 3 is 2.71 bits per heavy atom. The van der Waals surface area contributed by atoms with Crippen LogP contribution in [-0.4, -0.2) is 9.38 Å². The lowest BCUT2D eigenvalue weighted by Crippen LogP contribution is -1.93. The standard InChI is InChI=1S/C18H11FN4S/c19-15-13(2-1-3-14(15)21)16-18-23(8-9-24-18)17(22-16)12-6-4-11(10-20)5-7-12/h1-9H,21H2. The quantitative estimate of drug-likeness (QED) is 0.555. The number of rotatable bonds is 2. The van der Waals surface area contributed by atoms with Crippen LogP contribution in [-0.2, 0) is 0 Å². The van der Waals surface area contributed by atoms with Crippen LogP contribution >= 0.6 is 11.3 Å². The van der Waals surface area contributed by atoms with Gasteiger partial charge < -0.3 is 5.73 Å². The van der Waals surface area contributed by atoms with E-state index in [9.17, 15) is 4.39 Å². The third-order valence-electron chi connectivity index (χ3n) is 3.81. The van der Waals surface area contributed by atoms with Crippen molar-refractivity contribution in [2.75, 3.05) is 5.73 Å². The van der Waals surface area contributed by atoms with Crippen molar-refractivity contribution >= 4 is 21.9 Å². The van der Waals surface area contributed by atoms with Gasteiger partial charge in [0.15, 0.2) is 5.82 Å². The molecule has 0 amide bonds. The van der Waals surface area contributed by atoms with Crippen molar-refractivity contribution in [1.82, 2.24) is 9.38 Å². The van der Waals surface area contributed by atoms with Crippen LogP contribution in [0.2, 0.25) is 0 Å². The average Bonchev–Trinajstić information content (AvgIpc) is 3.20. The van der Waals surface area contributed by atoms with Crippen LogP contribution in [0, 0.1) is 17.1 Å². The number of imidazole rings is 1. The molecule has 0 bridgehead atoms. The molecular formula is C18H11FN4S. The molecule has 0 atom stereocenters. The molecule has 0 aliphatic carbocycles. The monoisotopic (exact) mass is 334 g/mol. The number of aromatic nitrogens is 2. The Labute approximate surface area is 141 Å². The van der Waals surface area contributed by atoms with E-state index in [2.05, 4.69) is 11.1 Å². The number of nitrogens with two attached hydrogens (primary N) is 1. The number of thiazole rings is 1. The zero-order valence-corrected chi connectivity index (χ0v) is 13.2. The van der Waals surface area contributed by atoms with Crippen molar-refractivity contribution in [3.8, 4) is 28.7 Å². The van der Waals surface area contributed by atoms with Gasteiger partial charge in [-0.05, 0) is 36.4 Å². The van der Waals surface area contributed by atoms with Crippen molar-refractivity contribution < 1.29 is 4.39 Å². The highest BCUT2D eigenvalue weighted by molar-refractivity contribution is 7.16. The second-order valence-electron chi connectivity index (χ2n) is 5.26. The average molecular weight is 334 g/mol. The summed E-state index contributed by atoms with van der Waals surface area (Å²) in [7, 11) is 0. The summed E-state index contributed by atoms with van der Waals surface area (Å²) in [5, 5.41) is 10.9. The van der Waals surface area contributed by atoms with E-state index in [1.165, 1.54) is 17.4 Å². The van der Waals surface area contributed by atoms with Crippen LogP contribution in [0.15, 0.2) is 54.0 Å². The number of benzene rings is 2. The van der Waals surface area contributed by atoms with Crippen molar-refractivity contribution in [3.63, 3.8) is 0 Å². The fourth-order valence-electron chi connectivity index (χ4n) is 2.63. The van der Waals surface area contributed by atoms with Gasteiger partial charge in [-0.2, -0.15) is 5.26 Å². The Morgan fingerprint density at radius 2 is 1.96 bits per heavy atom. The van der Waals surface area contributed by atoms with Crippen LogP contribution in [0.25, 0.3) is 27.5 Å². The molecule has 0 fully saturated rings. The van der Waals surface area contributed by atoms with E-state index in [0.717, 1.165) is 10.4 Å². The highest BCUT2D eigenvalue weighted by Gasteiger charge is 2.18. The van der Waals surface area contributed by atoms with Crippen LogP contribution < -0.4 is 5.73 Å². The van der Waals surface area contributed by atoms with E-state index in [0.29, 0.717) is 22.6 Å². The minimum absolute atomic E-state index is 0.102. The van der Waals surface area contributed by atoms with Gasteiger partial charge in [-0.1, -0.05) is 6.07 Å². The summed E-state index contributed by atoms with van der Waals surface area (Å²) in [4.78, 5) is 5.49. The Bertz CT molecular complexity index is 1090. The third-order valence-corrected chi connectivity index (χ3v) is 4.68. The second kappa shape index (κ2) is 5.48. The molecule has 0 radical (unpaired) electrons. The number of nitriles is 1. The topological polar surface area (TPSA) is 67.1 Å². The SMILES string of the molecule is N#Cc1ccc(-c2nc(-c3cccc(N)c3F)c3sccn23)cc1. The first-order chi connectivity index (χ1) is 11.7. The van der Waals surface area contributed by atoms with Crippen molar-refractivity contribution in [3.05, 3.63) is 65.4 Å². The summed E-state index contributed by atoms with van der Waals surface area (Å²) >= 11 is 1.49. The highest BCUT2D eigenvalue weighted by Crippen LogP contribution is 2.35. The first-order valence-corrected chi connectivity index (χ1v) is 8.07. The molecule has 0 spiro atoms. The smallest absolute Gasteiger partial charge is 0.155 e. The van der Waals surface area contributed by atoms with Gasteiger partial charge in [0, 0.05) is 22.7 Å². The summed E-state index contributed by atoms with van der Waals surface area (Å²) in [5.41, 5.74) is 8.18. The molecule has 0 aliphatic heterocycles. The Hall–Kier alpha value is -3.17. The first kappa shape index (κ1) is 14.4. The lowest BCUT2D eigenvalue weighted by atomic mass is 10.1. The van der Waals surface area contributed by atoms with Gasteiger partial charge in [-0.15, -0.1) is 11.3 Å². The van der Waals surface area contributed by atoms with Crippen LogP contribution in [0.4, 0.5) is 10.1 Å². The second-order valence-corrected chi connectivity index (χ2v) is 6.15. The van der Waals surface area contributed by atoms with Crippen LogP contribution in [0.5, 0.6) is 0 Å². The maximum absolute atomic E-state index is 14.4. The van der Waals surface area contributed by atoms with Crippen molar-refractivity contribution in [2.45, 2.75) is 0 Å². The van der Waals surface area contributed by atoms with Gasteiger partial charge in [-0.25, -0.2) is 9.37 Å². The fourth-order valence-corrected chi connectivity index (χ4v) is 3.47. The maximum Gasteiger partial charge on any atom is 0.155 e. The molecule has 4 aromatic rings. The van der Waals surface area contributed by atoms with Crippen molar-refractivity contribution in [2.24, 2.45) is 0 Å². The fraction of sp³-hybridized carbons (Fsp3) is 0. The minimum atomic E-state index is -0.461. The highest BCUT2D eigenvalue weighted by atomic mass is 32.1. The van der Waals surface area contributed by atoms with Gasteiger partial charge in [0.2, 0.25) is 0 Å². The zero-order chi connectivity index (χ0) is 16.7. The molecule has 4 nitrogen and oxygen atoms in total. The lowest BCUT2D eigenvalue weighted by molar-refractivity contribution is 0.635. The largest absolute Gasteiger partial charge is 0.396 e. The van der Waals surface area contributed by atoms with Gasteiger partial charge in [0.05, 0.1) is 17.3 Å². The summed E-state index contributed by atoms with van der Waals surface area (Å²) in [5.74, 6) is 0.241. The molecule has 116 valence electrons. The number of hydrogen-bond acceptors (Lipinski definition) is 4. The predicted octanol–water partition coefficient (Wildman–Crippen LogP) is 4.32. The predicted molar refractivity (Wildman–Crippen MR) is 93.0 cm³/mol. The van der Waals surface area contributed by atoms with E-state index >= 15 is 0 Å². The van der Waals surface area contributed by atoms with E-state index in [1.54, 1.807) is 24.3 Å². The Morgan fingerprint density at radius 1 is 1.17 bits per heavy atom. The summed E-state index contributed by atoms with van der Waals surface area (Å²) in [6, 6.07) is 14.2. The van der Waals surface area contributed by atoms with E-state index < -0.39 is 5.82 Å². The minimum Gasteiger partial charge on any atom is -0.396 e. The normalized spacial score (nSPS) is 10.8. The van der Waals surface area contributed by atoms with Gasteiger partial charge in [-0.3, -0.25) is 4.40 Å². The molecule has 6 heteroatoms. The summed E-state index contributed by atoms with van der Waals surface area (Å²) < 4.78 is 16.3. The van der Waals surface area contributed by atoms with Crippen LogP contribution in [0.3, 0.4) is 0 Å². The molecule has 0 saturated carbocycles. The summed E-state index contributed by atoms with van der Waals surface area (Å²) in [6.45, 7) is 0. The molecule has 2 aromatic heterocycles. The third kappa shape index (κ3) is 2.14. The Balaban J connectivity index is 1.95. The van der Waals surface area contributed by atoms with Gasteiger partial charge in [0.1, 0.15) is 16.3 Å². The lowest BCUT2D eigenvalue weighted by Gasteiger charge is -2.02. The Kier molecular flexibility index (Phi) is 3.29. The molecule has 2 aromatic carbocycles. The maximum atomic E-state index is 14.4. The van der Waals surface area contributed by atoms with E-state index in [1.807, 2.05) is 28.1 Å². The van der Waals surface area contributed by atoms with E-state index in [-0.39, 0.29) is 5.69 Å². The molecule has 24 heavy (non-hydrogen) atoms.